The second kappa shape index (κ2) is 8.39. The van der Waals surface area contributed by atoms with Crippen molar-refractivity contribution in [3.8, 4) is 0 Å². The highest BCUT2D eigenvalue weighted by atomic mass is 79.9. The van der Waals surface area contributed by atoms with Gasteiger partial charge in [0.25, 0.3) is 5.91 Å². The fourth-order valence-electron chi connectivity index (χ4n) is 2.00. The van der Waals surface area contributed by atoms with E-state index in [1.807, 2.05) is 12.1 Å². The summed E-state index contributed by atoms with van der Waals surface area (Å²) < 4.78 is 3.14. The van der Waals surface area contributed by atoms with Gasteiger partial charge in [-0.05, 0) is 56.5 Å². The van der Waals surface area contributed by atoms with Gasteiger partial charge in [0.2, 0.25) is 0 Å². The quantitative estimate of drug-likeness (QED) is 0.673. The van der Waals surface area contributed by atoms with Crippen molar-refractivity contribution in [2.24, 2.45) is 4.99 Å². The summed E-state index contributed by atoms with van der Waals surface area (Å²) in [6.07, 6.45) is 8.24. The number of halogens is 2. The Bertz CT molecular complexity index is 725. The van der Waals surface area contributed by atoms with Crippen LogP contribution in [0, 0.1) is 0 Å². The monoisotopic (exact) mass is 425 g/mol. The minimum absolute atomic E-state index is 0.149. The zero-order valence-electron chi connectivity index (χ0n) is 12.3. The summed E-state index contributed by atoms with van der Waals surface area (Å²) in [5, 5.41) is 0. The van der Waals surface area contributed by atoms with Gasteiger partial charge in [0, 0.05) is 29.6 Å². The first-order chi connectivity index (χ1) is 10.6. The van der Waals surface area contributed by atoms with E-state index in [-0.39, 0.29) is 5.91 Å². The van der Waals surface area contributed by atoms with Crippen LogP contribution >= 0.6 is 31.9 Å². The lowest BCUT2D eigenvalue weighted by atomic mass is 10.2. The van der Waals surface area contributed by atoms with Crippen molar-refractivity contribution < 1.29 is 4.79 Å². The zero-order chi connectivity index (χ0) is 15.9. The van der Waals surface area contributed by atoms with Crippen LogP contribution < -0.4 is 5.49 Å². The molecular weight excluding hydrogens is 410 g/mol. The Morgan fingerprint density at radius 3 is 2.86 bits per heavy atom. The number of hydrogen-bond acceptors (Lipinski definition) is 3. The van der Waals surface area contributed by atoms with Gasteiger partial charge in [-0.1, -0.05) is 19.8 Å². The third-order valence-electron chi connectivity index (χ3n) is 3.11. The van der Waals surface area contributed by atoms with Crippen molar-refractivity contribution in [1.82, 2.24) is 9.55 Å². The van der Waals surface area contributed by atoms with Crippen molar-refractivity contribution in [3.05, 3.63) is 56.8 Å². The molecule has 0 aliphatic rings. The van der Waals surface area contributed by atoms with Gasteiger partial charge in [-0.3, -0.25) is 19.3 Å². The van der Waals surface area contributed by atoms with Gasteiger partial charge in [-0.25, -0.2) is 0 Å². The number of hydrogen-bond donors (Lipinski definition) is 0. The van der Waals surface area contributed by atoms with E-state index in [0.29, 0.717) is 17.6 Å². The van der Waals surface area contributed by atoms with E-state index in [1.165, 1.54) is 0 Å². The molecule has 0 radical (unpaired) electrons. The topological polar surface area (TPSA) is 47.2 Å². The molecule has 0 aromatic carbocycles. The normalized spacial score (nSPS) is 11.7. The lowest BCUT2D eigenvalue weighted by Gasteiger charge is -2.08. The number of pyridine rings is 2. The average Bonchev–Trinajstić information content (AvgIpc) is 2.52. The van der Waals surface area contributed by atoms with Crippen LogP contribution in [0.25, 0.3) is 0 Å². The Morgan fingerprint density at radius 2 is 2.14 bits per heavy atom. The van der Waals surface area contributed by atoms with E-state index in [4.69, 9.17) is 0 Å². The molecule has 0 spiro atoms. The molecule has 2 rings (SSSR count). The molecule has 0 saturated carbocycles. The van der Waals surface area contributed by atoms with Gasteiger partial charge in [0.1, 0.15) is 5.49 Å². The fourth-order valence-corrected chi connectivity index (χ4v) is 2.84. The molecule has 0 N–H and O–H groups in total. The van der Waals surface area contributed by atoms with Crippen LogP contribution in [0.5, 0.6) is 0 Å². The van der Waals surface area contributed by atoms with E-state index >= 15 is 0 Å². The summed E-state index contributed by atoms with van der Waals surface area (Å²) >= 11 is 6.82. The summed E-state index contributed by atoms with van der Waals surface area (Å²) in [5.74, 6) is -0.149. The van der Waals surface area contributed by atoms with E-state index in [1.54, 1.807) is 29.2 Å². The Morgan fingerprint density at radius 1 is 1.32 bits per heavy atom. The van der Waals surface area contributed by atoms with Crippen molar-refractivity contribution in [2.75, 3.05) is 6.54 Å². The first-order valence-electron chi connectivity index (χ1n) is 7.16. The summed E-state index contributed by atoms with van der Waals surface area (Å²) in [6, 6.07) is 5.46. The highest BCUT2D eigenvalue weighted by Gasteiger charge is 2.11. The number of nitrogens with zero attached hydrogens (tertiary/aromatic N) is 3. The molecule has 0 unspecified atom stereocenters. The predicted octanol–water partition coefficient (Wildman–Crippen LogP) is 4.19. The molecule has 2 aromatic rings. The van der Waals surface area contributed by atoms with Crippen LogP contribution in [-0.4, -0.2) is 22.0 Å². The third-order valence-corrected chi connectivity index (χ3v) is 4.17. The van der Waals surface area contributed by atoms with Crippen LogP contribution in [-0.2, 0) is 0 Å². The maximum atomic E-state index is 12.7. The molecule has 0 bridgehead atoms. The molecule has 6 heteroatoms. The zero-order valence-corrected chi connectivity index (χ0v) is 15.5. The number of carbonyl (C=O) groups is 1. The minimum atomic E-state index is -0.149. The molecule has 2 aromatic heterocycles. The van der Waals surface area contributed by atoms with Crippen molar-refractivity contribution in [2.45, 2.75) is 26.2 Å². The van der Waals surface area contributed by atoms with Crippen LogP contribution in [0.2, 0.25) is 0 Å². The van der Waals surface area contributed by atoms with Gasteiger partial charge in [-0.15, -0.1) is 0 Å². The van der Waals surface area contributed by atoms with Crippen molar-refractivity contribution in [3.63, 3.8) is 0 Å². The Kier molecular flexibility index (Phi) is 6.51. The molecule has 0 amide bonds. The van der Waals surface area contributed by atoms with Gasteiger partial charge in [0.15, 0.2) is 0 Å². The summed E-state index contributed by atoms with van der Waals surface area (Å²) in [5.41, 5.74) is 1.16. The first kappa shape index (κ1) is 17.1. The molecule has 0 fully saturated rings. The van der Waals surface area contributed by atoms with Crippen LogP contribution in [0.1, 0.15) is 36.5 Å². The molecule has 116 valence electrons. The summed E-state index contributed by atoms with van der Waals surface area (Å²) in [7, 11) is 0. The SMILES string of the molecule is CCCCCN=c1c(Br)cccn1C(=O)c1cncc(Br)c1. The highest BCUT2D eigenvalue weighted by Crippen LogP contribution is 2.11. The highest BCUT2D eigenvalue weighted by molar-refractivity contribution is 9.10. The van der Waals surface area contributed by atoms with Crippen LogP contribution in [0.4, 0.5) is 0 Å². The van der Waals surface area contributed by atoms with Crippen molar-refractivity contribution in [1.29, 1.82) is 0 Å². The summed E-state index contributed by atoms with van der Waals surface area (Å²) in [4.78, 5) is 21.3. The number of unbranched alkanes of at least 4 members (excludes halogenated alkanes) is 2. The Hall–Kier alpha value is -1.27. The Labute approximate surface area is 146 Å². The first-order valence-corrected chi connectivity index (χ1v) is 8.75. The van der Waals surface area contributed by atoms with Gasteiger partial charge < -0.3 is 0 Å². The summed E-state index contributed by atoms with van der Waals surface area (Å²) in [6.45, 7) is 2.86. The number of aromatic nitrogens is 2. The lowest BCUT2D eigenvalue weighted by molar-refractivity contribution is 0.0954. The van der Waals surface area contributed by atoms with Crippen LogP contribution in [0.15, 0.2) is 50.7 Å². The molecule has 4 nitrogen and oxygen atoms in total. The maximum Gasteiger partial charge on any atom is 0.265 e. The third kappa shape index (κ3) is 4.36. The largest absolute Gasteiger partial charge is 0.268 e. The minimum Gasteiger partial charge on any atom is -0.268 e. The molecule has 0 aliphatic carbocycles. The van der Waals surface area contributed by atoms with E-state index in [2.05, 4.69) is 48.8 Å². The number of carbonyl (C=O) groups excluding carboxylic acids is 1. The Balaban J connectivity index is 2.38. The smallest absolute Gasteiger partial charge is 0.265 e. The molecule has 0 saturated heterocycles. The van der Waals surface area contributed by atoms with Crippen LogP contribution in [0.3, 0.4) is 0 Å². The lowest BCUT2D eigenvalue weighted by Crippen LogP contribution is -2.28. The maximum absolute atomic E-state index is 12.7. The van der Waals surface area contributed by atoms with Gasteiger partial charge in [-0.2, -0.15) is 0 Å². The van der Waals surface area contributed by atoms with Gasteiger partial charge >= 0.3 is 0 Å². The molecule has 22 heavy (non-hydrogen) atoms. The predicted molar refractivity (Wildman–Crippen MR) is 93.8 cm³/mol. The van der Waals surface area contributed by atoms with Gasteiger partial charge in [0.05, 0.1) is 10.0 Å². The molecule has 2 heterocycles. The second-order valence-electron chi connectivity index (χ2n) is 4.84. The molecular formula is C16H17Br2N3O. The second-order valence-corrected chi connectivity index (χ2v) is 6.61. The van der Waals surface area contributed by atoms with E-state index in [0.717, 1.165) is 28.2 Å². The number of rotatable bonds is 5. The molecule has 0 atom stereocenters. The molecule has 0 aliphatic heterocycles. The van der Waals surface area contributed by atoms with Crippen molar-refractivity contribution >= 4 is 37.8 Å². The fraction of sp³-hybridized carbons (Fsp3) is 0.312. The van der Waals surface area contributed by atoms with E-state index < -0.39 is 0 Å². The average molecular weight is 427 g/mol. The standard InChI is InChI=1S/C16H17Br2N3O/c1-2-3-4-7-20-15-14(18)6-5-8-21(15)16(22)12-9-13(17)11-19-10-12/h5-6,8-11H,2-4,7H2,1H3. The van der Waals surface area contributed by atoms with E-state index in [9.17, 15) is 4.79 Å².